The van der Waals surface area contributed by atoms with Crippen molar-refractivity contribution in [3.05, 3.63) is 0 Å². The highest BCUT2D eigenvalue weighted by atomic mass is 31.2. The van der Waals surface area contributed by atoms with Crippen LogP contribution in [0.15, 0.2) is 0 Å². The lowest BCUT2D eigenvalue weighted by Crippen LogP contribution is -2.30. The number of phosphoric ester groups is 2. The summed E-state index contributed by atoms with van der Waals surface area (Å²) in [5, 5.41) is 10.5. The average Bonchev–Trinajstić information content (AvgIpc) is 3.38. The molecule has 19 heteroatoms. The van der Waals surface area contributed by atoms with E-state index in [1.807, 2.05) is 0 Å². The normalized spacial score (nSPS) is 14.4. The lowest BCUT2D eigenvalue weighted by molar-refractivity contribution is -0.161. The summed E-state index contributed by atoms with van der Waals surface area (Å²) in [6, 6.07) is 0. The second-order valence-corrected chi connectivity index (χ2v) is 23.2. The standard InChI is InChI=1S/C56H108O17P2/c1-5-9-13-17-20-23-25-27-30-33-37-41-54(59)67-47-52(73-56(61)43-39-35-31-28-26-24-21-18-14-10-6-2)49-71-75(64,65)69-45-50(57)44-68-74(62,63)70-48-51(46-66-53(58)40-36-32-16-12-8-4)72-55(60)42-38-34-29-22-19-15-11-7-3/h50-52,57H,5-49H2,1-4H3,(H,62,63)(H,64,65)/t50-,51+,52+/m0/s1. The van der Waals surface area contributed by atoms with Crippen molar-refractivity contribution in [1.82, 2.24) is 0 Å². The highest BCUT2D eigenvalue weighted by Crippen LogP contribution is 2.45. The smallest absolute Gasteiger partial charge is 0.462 e. The molecule has 0 saturated carbocycles. The summed E-state index contributed by atoms with van der Waals surface area (Å²) in [5.74, 6) is -2.16. The van der Waals surface area contributed by atoms with E-state index in [0.717, 1.165) is 103 Å². The number of phosphoric acid groups is 2. The van der Waals surface area contributed by atoms with Gasteiger partial charge in [0.1, 0.15) is 19.3 Å². The van der Waals surface area contributed by atoms with Gasteiger partial charge in [-0.2, -0.15) is 0 Å². The van der Waals surface area contributed by atoms with Gasteiger partial charge in [-0.1, -0.05) is 227 Å². The number of ether oxygens (including phenoxy) is 4. The fourth-order valence-electron chi connectivity index (χ4n) is 8.22. The number of hydrogen-bond donors (Lipinski definition) is 3. The predicted octanol–water partition coefficient (Wildman–Crippen LogP) is 14.8. The second kappa shape index (κ2) is 51.5. The summed E-state index contributed by atoms with van der Waals surface area (Å²) in [6.07, 6.45) is 33.8. The molecule has 0 aliphatic carbocycles. The zero-order valence-corrected chi connectivity index (χ0v) is 49.3. The number of carbonyl (C=O) groups is 4. The van der Waals surface area contributed by atoms with Gasteiger partial charge in [-0.05, 0) is 25.7 Å². The van der Waals surface area contributed by atoms with Crippen LogP contribution in [-0.4, -0.2) is 96.7 Å². The van der Waals surface area contributed by atoms with E-state index in [-0.39, 0.29) is 25.7 Å². The van der Waals surface area contributed by atoms with E-state index in [1.54, 1.807) is 0 Å². The van der Waals surface area contributed by atoms with Gasteiger partial charge < -0.3 is 33.8 Å². The number of aliphatic hydroxyl groups is 1. The van der Waals surface area contributed by atoms with Crippen LogP contribution in [0.3, 0.4) is 0 Å². The van der Waals surface area contributed by atoms with Gasteiger partial charge in [0, 0.05) is 25.7 Å². The summed E-state index contributed by atoms with van der Waals surface area (Å²) in [6.45, 7) is 4.71. The molecule has 0 spiro atoms. The first-order valence-corrected chi connectivity index (χ1v) is 32.8. The molecule has 0 aromatic carbocycles. The van der Waals surface area contributed by atoms with E-state index in [1.165, 1.54) is 96.3 Å². The van der Waals surface area contributed by atoms with E-state index in [2.05, 4.69) is 27.7 Å². The molecule has 2 unspecified atom stereocenters. The Balaban J connectivity index is 5.17. The van der Waals surface area contributed by atoms with Crippen LogP contribution in [-0.2, 0) is 65.4 Å². The molecule has 0 aliphatic rings. The number of carbonyl (C=O) groups excluding carboxylic acids is 4. The lowest BCUT2D eigenvalue weighted by atomic mass is 10.1. The summed E-state index contributed by atoms with van der Waals surface area (Å²) >= 11 is 0. The Morgan fingerprint density at radius 3 is 0.787 bits per heavy atom. The highest BCUT2D eigenvalue weighted by Gasteiger charge is 2.30. The summed E-state index contributed by atoms with van der Waals surface area (Å²) in [4.78, 5) is 71.5. The van der Waals surface area contributed by atoms with Crippen LogP contribution in [0.1, 0.15) is 278 Å². The molecular formula is C56H108O17P2. The summed E-state index contributed by atoms with van der Waals surface area (Å²) in [5.41, 5.74) is 0. The molecule has 0 heterocycles. The Hall–Kier alpha value is -1.94. The number of unbranched alkanes of at least 4 members (excludes halogenated alkanes) is 31. The van der Waals surface area contributed by atoms with Gasteiger partial charge in [0.2, 0.25) is 0 Å². The van der Waals surface area contributed by atoms with Gasteiger partial charge in [0.25, 0.3) is 0 Å². The van der Waals surface area contributed by atoms with Gasteiger partial charge >= 0.3 is 39.5 Å². The minimum atomic E-state index is -4.93. The number of aliphatic hydroxyl groups excluding tert-OH is 1. The van der Waals surface area contributed by atoms with Crippen LogP contribution in [0.5, 0.6) is 0 Å². The number of rotatable bonds is 57. The molecule has 3 N–H and O–H groups in total. The molecule has 0 bridgehead atoms. The topological polar surface area (TPSA) is 237 Å². The maximum absolute atomic E-state index is 12.9. The van der Waals surface area contributed by atoms with Gasteiger partial charge in [-0.25, -0.2) is 9.13 Å². The minimum absolute atomic E-state index is 0.104. The molecule has 0 amide bonds. The second-order valence-electron chi connectivity index (χ2n) is 20.3. The fraction of sp³-hybridized carbons (Fsp3) is 0.929. The van der Waals surface area contributed by atoms with Crippen LogP contribution in [0.2, 0.25) is 0 Å². The third kappa shape index (κ3) is 51.3. The van der Waals surface area contributed by atoms with Crippen LogP contribution in [0, 0.1) is 0 Å². The van der Waals surface area contributed by atoms with Gasteiger partial charge in [0.05, 0.1) is 26.4 Å². The monoisotopic (exact) mass is 1110 g/mol. The molecule has 0 aromatic rings. The van der Waals surface area contributed by atoms with Crippen molar-refractivity contribution in [2.75, 3.05) is 39.6 Å². The summed E-state index contributed by atoms with van der Waals surface area (Å²) < 4.78 is 67.4. The Morgan fingerprint density at radius 1 is 0.320 bits per heavy atom. The zero-order chi connectivity index (χ0) is 55.5. The molecule has 0 radical (unpaired) electrons. The Morgan fingerprint density at radius 2 is 0.533 bits per heavy atom. The van der Waals surface area contributed by atoms with Crippen molar-refractivity contribution in [3.8, 4) is 0 Å². The minimum Gasteiger partial charge on any atom is -0.462 e. The maximum atomic E-state index is 12.9. The first-order valence-electron chi connectivity index (χ1n) is 29.8. The molecule has 444 valence electrons. The first kappa shape index (κ1) is 73.1. The molecule has 0 saturated heterocycles. The van der Waals surface area contributed by atoms with Crippen LogP contribution in [0.25, 0.3) is 0 Å². The molecule has 17 nitrogen and oxygen atoms in total. The SMILES string of the molecule is CCCCCCCCCCCCCC(=O)OC[C@H](COP(=O)(O)OC[C@@H](O)COP(=O)(O)OC[C@@H](COC(=O)CCCCCCC)OC(=O)CCCCCCCCCC)OC(=O)CCCCCCCCCCCCC. The van der Waals surface area contributed by atoms with E-state index in [4.69, 9.17) is 37.0 Å². The largest absolute Gasteiger partial charge is 0.472 e. The van der Waals surface area contributed by atoms with Crippen molar-refractivity contribution in [1.29, 1.82) is 0 Å². The molecule has 5 atom stereocenters. The van der Waals surface area contributed by atoms with Crippen molar-refractivity contribution in [3.63, 3.8) is 0 Å². The molecule has 0 rings (SSSR count). The average molecular weight is 1120 g/mol. The molecule has 75 heavy (non-hydrogen) atoms. The Bertz CT molecular complexity index is 1470. The van der Waals surface area contributed by atoms with Crippen molar-refractivity contribution in [2.45, 2.75) is 296 Å². The molecular weight excluding hydrogens is 1010 g/mol. The third-order valence-electron chi connectivity index (χ3n) is 12.9. The Labute approximate surface area is 454 Å². The van der Waals surface area contributed by atoms with Crippen LogP contribution in [0.4, 0.5) is 0 Å². The van der Waals surface area contributed by atoms with Crippen LogP contribution >= 0.6 is 15.6 Å². The zero-order valence-electron chi connectivity index (χ0n) is 47.5. The predicted molar refractivity (Wildman–Crippen MR) is 294 cm³/mol. The molecule has 0 fully saturated rings. The van der Waals surface area contributed by atoms with Crippen molar-refractivity contribution in [2.24, 2.45) is 0 Å². The number of hydrogen-bond acceptors (Lipinski definition) is 15. The first-order chi connectivity index (χ1) is 36.2. The van der Waals surface area contributed by atoms with E-state index >= 15 is 0 Å². The van der Waals surface area contributed by atoms with Crippen molar-refractivity contribution < 1.29 is 80.2 Å². The fourth-order valence-corrected chi connectivity index (χ4v) is 9.80. The number of esters is 4. The van der Waals surface area contributed by atoms with Gasteiger partial charge in [-0.3, -0.25) is 37.3 Å². The quantitative estimate of drug-likeness (QED) is 0.0222. The van der Waals surface area contributed by atoms with E-state index in [0.29, 0.717) is 25.7 Å². The van der Waals surface area contributed by atoms with Gasteiger partial charge in [-0.15, -0.1) is 0 Å². The van der Waals surface area contributed by atoms with E-state index < -0.39 is 97.5 Å². The van der Waals surface area contributed by atoms with Crippen molar-refractivity contribution >= 4 is 39.5 Å². The van der Waals surface area contributed by atoms with Gasteiger partial charge in [0.15, 0.2) is 12.2 Å². The molecule has 0 aromatic heterocycles. The summed E-state index contributed by atoms with van der Waals surface area (Å²) in [7, 11) is -9.85. The third-order valence-corrected chi connectivity index (χ3v) is 14.8. The highest BCUT2D eigenvalue weighted by molar-refractivity contribution is 7.47. The lowest BCUT2D eigenvalue weighted by Gasteiger charge is -2.21. The van der Waals surface area contributed by atoms with Crippen LogP contribution < -0.4 is 0 Å². The van der Waals surface area contributed by atoms with E-state index in [9.17, 15) is 43.2 Å². The molecule has 0 aliphatic heterocycles. The maximum Gasteiger partial charge on any atom is 0.472 e. The Kier molecular flexibility index (Phi) is 50.2.